The number of nitrogens with one attached hydrogen (secondary N) is 1. The van der Waals surface area contributed by atoms with Crippen LogP contribution in [0.5, 0.6) is 0 Å². The molecule has 0 radical (unpaired) electrons. The molecule has 0 amide bonds. The summed E-state index contributed by atoms with van der Waals surface area (Å²) in [5, 5.41) is 3.34. The second-order valence-electron chi connectivity index (χ2n) is 4.97. The van der Waals surface area contributed by atoms with Crippen molar-refractivity contribution >= 4 is 51.3 Å². The highest BCUT2D eigenvalue weighted by atomic mass is 79.9. The normalized spacial score (nSPS) is 17.0. The van der Waals surface area contributed by atoms with Gasteiger partial charge in [0.05, 0.1) is 14.9 Å². The summed E-state index contributed by atoms with van der Waals surface area (Å²) in [6.45, 7) is 3.63. The lowest BCUT2D eigenvalue weighted by Gasteiger charge is -2.35. The van der Waals surface area contributed by atoms with Gasteiger partial charge in [-0.05, 0) is 34.1 Å². The molecule has 0 saturated carbocycles. The zero-order chi connectivity index (χ0) is 14.8. The van der Waals surface area contributed by atoms with E-state index in [1.165, 1.54) is 11.3 Å². The van der Waals surface area contributed by atoms with Crippen LogP contribution in [0.4, 0.5) is 4.39 Å². The van der Waals surface area contributed by atoms with E-state index in [4.69, 9.17) is 11.6 Å². The Morgan fingerprint density at radius 1 is 1.23 bits per heavy atom. The summed E-state index contributed by atoms with van der Waals surface area (Å²) >= 11 is 10.9. The van der Waals surface area contributed by atoms with E-state index in [1.807, 2.05) is 24.3 Å². The first kappa shape index (κ1) is 18.2. The largest absolute Gasteiger partial charge is 0.314 e. The van der Waals surface area contributed by atoms with E-state index >= 15 is 0 Å². The number of hydrogen-bond acceptors (Lipinski definition) is 3. The highest BCUT2D eigenvalue weighted by Gasteiger charge is 2.28. The van der Waals surface area contributed by atoms with Crippen LogP contribution in [0.2, 0.25) is 4.34 Å². The molecule has 7 heteroatoms. The van der Waals surface area contributed by atoms with Crippen LogP contribution < -0.4 is 5.32 Å². The lowest BCUT2D eigenvalue weighted by atomic mass is 10.0. The maximum Gasteiger partial charge on any atom is 0.142 e. The van der Waals surface area contributed by atoms with Crippen LogP contribution in [0.3, 0.4) is 0 Å². The minimum atomic E-state index is -0.189. The van der Waals surface area contributed by atoms with Crippen molar-refractivity contribution in [2.75, 3.05) is 26.2 Å². The smallest absolute Gasteiger partial charge is 0.142 e. The maximum absolute atomic E-state index is 14.6. The highest BCUT2D eigenvalue weighted by molar-refractivity contribution is 9.10. The first-order valence-corrected chi connectivity index (χ1v) is 8.79. The Kier molecular flexibility index (Phi) is 6.68. The fraction of sp³-hybridized carbons (Fsp3) is 0.333. The molecule has 2 heterocycles. The molecule has 1 fully saturated rings. The van der Waals surface area contributed by atoms with Gasteiger partial charge in [-0.3, -0.25) is 4.90 Å². The minimum absolute atomic E-state index is 0. The molecule has 22 heavy (non-hydrogen) atoms. The van der Waals surface area contributed by atoms with Crippen molar-refractivity contribution in [1.82, 2.24) is 10.2 Å². The quantitative estimate of drug-likeness (QED) is 0.765. The van der Waals surface area contributed by atoms with Crippen molar-refractivity contribution < 1.29 is 4.39 Å². The van der Waals surface area contributed by atoms with Crippen LogP contribution in [0.25, 0.3) is 0 Å². The van der Waals surface area contributed by atoms with Crippen molar-refractivity contribution in [2.24, 2.45) is 0 Å². The molecule has 3 rings (SSSR count). The number of piperazine rings is 1. The van der Waals surface area contributed by atoms with Gasteiger partial charge in [0.1, 0.15) is 5.82 Å². The molecular formula is C15H16BrCl2FN2S. The van der Waals surface area contributed by atoms with E-state index in [0.29, 0.717) is 10.0 Å². The summed E-state index contributed by atoms with van der Waals surface area (Å²) < 4.78 is 15.8. The number of hydrogen-bond donors (Lipinski definition) is 1. The van der Waals surface area contributed by atoms with Gasteiger partial charge in [-0.15, -0.1) is 23.7 Å². The van der Waals surface area contributed by atoms with Gasteiger partial charge in [-0.2, -0.15) is 0 Å². The summed E-state index contributed by atoms with van der Waals surface area (Å²) in [4.78, 5) is 3.39. The van der Waals surface area contributed by atoms with Gasteiger partial charge in [0, 0.05) is 36.6 Å². The molecule has 1 aliphatic rings. The van der Waals surface area contributed by atoms with Crippen molar-refractivity contribution in [3.63, 3.8) is 0 Å². The van der Waals surface area contributed by atoms with Crippen molar-refractivity contribution in [3.05, 3.63) is 55.4 Å². The molecule has 1 aromatic heterocycles. The van der Waals surface area contributed by atoms with E-state index in [0.717, 1.165) is 35.4 Å². The van der Waals surface area contributed by atoms with Gasteiger partial charge in [0.15, 0.2) is 0 Å². The van der Waals surface area contributed by atoms with E-state index in [1.54, 1.807) is 6.07 Å². The van der Waals surface area contributed by atoms with Gasteiger partial charge < -0.3 is 5.32 Å². The van der Waals surface area contributed by atoms with Crippen LogP contribution in [0.15, 0.2) is 34.8 Å². The summed E-state index contributed by atoms with van der Waals surface area (Å²) in [6.07, 6.45) is 0. The van der Waals surface area contributed by atoms with E-state index in [2.05, 4.69) is 26.1 Å². The van der Waals surface area contributed by atoms with Crippen molar-refractivity contribution in [1.29, 1.82) is 0 Å². The number of halogens is 4. The first-order chi connectivity index (χ1) is 10.2. The average Bonchev–Trinajstić information content (AvgIpc) is 2.91. The summed E-state index contributed by atoms with van der Waals surface area (Å²) in [6, 6.07) is 9.27. The molecule has 0 unspecified atom stereocenters. The first-order valence-electron chi connectivity index (χ1n) is 6.81. The van der Waals surface area contributed by atoms with Crippen LogP contribution in [0, 0.1) is 5.82 Å². The second-order valence-corrected chi connectivity index (χ2v) is 7.57. The standard InChI is InChI=1S/C15H15BrClFN2S.ClH/c16-11-3-1-2-10(14(11)18)15(12-4-5-13(17)21-12)20-8-6-19-7-9-20;/h1-5,15,19H,6-9H2;1H/t15-;/m0./s1. The lowest BCUT2D eigenvalue weighted by Crippen LogP contribution is -2.45. The molecule has 1 aromatic carbocycles. The maximum atomic E-state index is 14.6. The Labute approximate surface area is 153 Å². The molecule has 0 spiro atoms. The summed E-state index contributed by atoms with van der Waals surface area (Å²) in [5.41, 5.74) is 0.699. The molecular weight excluding hydrogens is 410 g/mol. The third-order valence-electron chi connectivity index (χ3n) is 3.66. The van der Waals surface area contributed by atoms with Gasteiger partial charge in [-0.1, -0.05) is 23.7 Å². The summed E-state index contributed by atoms with van der Waals surface area (Å²) in [7, 11) is 0. The van der Waals surface area contributed by atoms with Crippen molar-refractivity contribution in [3.8, 4) is 0 Å². The number of benzene rings is 1. The predicted molar refractivity (Wildman–Crippen MR) is 97.0 cm³/mol. The molecule has 1 atom stereocenters. The van der Waals surface area contributed by atoms with Gasteiger partial charge >= 0.3 is 0 Å². The molecule has 1 aliphatic heterocycles. The van der Waals surface area contributed by atoms with Gasteiger partial charge in [0.25, 0.3) is 0 Å². The third kappa shape index (κ3) is 3.83. The average molecular weight is 426 g/mol. The Morgan fingerprint density at radius 2 is 1.95 bits per heavy atom. The zero-order valence-electron chi connectivity index (χ0n) is 11.7. The fourth-order valence-corrected chi connectivity index (χ4v) is 4.27. The van der Waals surface area contributed by atoms with E-state index in [9.17, 15) is 4.39 Å². The highest BCUT2D eigenvalue weighted by Crippen LogP contribution is 2.37. The summed E-state index contributed by atoms with van der Waals surface area (Å²) in [5.74, 6) is -0.189. The topological polar surface area (TPSA) is 15.3 Å². The molecule has 2 aromatic rings. The van der Waals surface area contributed by atoms with Gasteiger partial charge in [0.2, 0.25) is 0 Å². The predicted octanol–water partition coefficient (Wildman–Crippen LogP) is 4.72. The van der Waals surface area contributed by atoms with Crippen LogP contribution in [-0.4, -0.2) is 31.1 Å². The Hall–Kier alpha value is -0.170. The van der Waals surface area contributed by atoms with Crippen LogP contribution in [0.1, 0.15) is 16.5 Å². The second kappa shape index (κ2) is 8.08. The Bertz CT molecular complexity index is 632. The minimum Gasteiger partial charge on any atom is -0.314 e. The van der Waals surface area contributed by atoms with Gasteiger partial charge in [-0.25, -0.2) is 4.39 Å². The monoisotopic (exact) mass is 424 g/mol. The molecule has 120 valence electrons. The van der Waals surface area contributed by atoms with Crippen LogP contribution >= 0.6 is 51.3 Å². The molecule has 1 N–H and O–H groups in total. The molecule has 1 saturated heterocycles. The van der Waals surface area contributed by atoms with Crippen LogP contribution in [-0.2, 0) is 0 Å². The van der Waals surface area contributed by atoms with E-state index < -0.39 is 0 Å². The zero-order valence-corrected chi connectivity index (χ0v) is 15.7. The lowest BCUT2D eigenvalue weighted by molar-refractivity contribution is 0.197. The Morgan fingerprint density at radius 3 is 2.59 bits per heavy atom. The Balaban J connectivity index is 0.00000176. The number of thiophene rings is 1. The van der Waals surface area contributed by atoms with Crippen molar-refractivity contribution in [2.45, 2.75) is 6.04 Å². The third-order valence-corrected chi connectivity index (χ3v) is 5.55. The SMILES string of the molecule is Cl.Fc1c(Br)cccc1[C@@H](c1ccc(Cl)s1)N1CCNCC1. The molecule has 0 bridgehead atoms. The molecule has 0 aliphatic carbocycles. The van der Waals surface area contributed by atoms with E-state index in [-0.39, 0.29) is 24.3 Å². The molecule has 2 nitrogen and oxygen atoms in total. The number of nitrogens with zero attached hydrogens (tertiary/aromatic N) is 1. The fourth-order valence-electron chi connectivity index (χ4n) is 2.68. The number of rotatable bonds is 3.